The summed E-state index contributed by atoms with van der Waals surface area (Å²) >= 11 is 1.66. The van der Waals surface area contributed by atoms with Crippen LogP contribution in [0.5, 0.6) is 0 Å². The molecule has 1 N–H and O–H groups in total. The van der Waals surface area contributed by atoms with Crippen molar-refractivity contribution < 1.29 is 19.4 Å². The van der Waals surface area contributed by atoms with Crippen molar-refractivity contribution in [3.05, 3.63) is 63.0 Å². The van der Waals surface area contributed by atoms with Crippen LogP contribution in [0.15, 0.2) is 42.2 Å². The van der Waals surface area contributed by atoms with Crippen molar-refractivity contribution in [2.24, 2.45) is 0 Å². The third kappa shape index (κ3) is 4.65. The summed E-state index contributed by atoms with van der Waals surface area (Å²) in [6.07, 6.45) is 0.0573. The molecule has 1 unspecified atom stereocenters. The molecule has 0 bridgehead atoms. The highest BCUT2D eigenvalue weighted by Crippen LogP contribution is 2.35. The maximum absolute atomic E-state index is 11.6. The second-order valence-electron chi connectivity index (χ2n) is 6.48. The van der Waals surface area contributed by atoms with Gasteiger partial charge in [0.1, 0.15) is 11.9 Å². The number of aliphatic hydroxyl groups is 1. The van der Waals surface area contributed by atoms with Crippen LogP contribution in [-0.4, -0.2) is 55.8 Å². The largest absolute Gasteiger partial charge is 0.498 e. The lowest BCUT2D eigenvalue weighted by molar-refractivity contribution is 0.0346. The SMILES string of the molecule is CO/C(=C(/c1ccc(CN2CCOCC2)s1)c1ccccc1C=O)C(C)O. The number of carbonyl (C=O) groups is 1. The van der Waals surface area contributed by atoms with Crippen LogP contribution >= 0.6 is 11.3 Å². The summed E-state index contributed by atoms with van der Waals surface area (Å²) in [6, 6.07) is 11.5. The van der Waals surface area contributed by atoms with E-state index in [1.54, 1.807) is 31.4 Å². The quantitative estimate of drug-likeness (QED) is 0.584. The van der Waals surface area contributed by atoms with E-state index in [0.717, 1.165) is 55.1 Å². The zero-order valence-corrected chi connectivity index (χ0v) is 16.5. The fourth-order valence-corrected chi connectivity index (χ4v) is 4.39. The molecular weight excluding hydrogens is 362 g/mol. The third-order valence-corrected chi connectivity index (χ3v) is 5.68. The van der Waals surface area contributed by atoms with E-state index >= 15 is 0 Å². The maximum Gasteiger partial charge on any atom is 0.150 e. The smallest absolute Gasteiger partial charge is 0.150 e. The second-order valence-corrected chi connectivity index (χ2v) is 7.65. The van der Waals surface area contributed by atoms with Crippen LogP contribution in [0.2, 0.25) is 0 Å². The number of rotatable bonds is 7. The molecule has 0 saturated carbocycles. The molecule has 0 aliphatic carbocycles. The molecule has 1 aliphatic heterocycles. The molecule has 144 valence electrons. The molecule has 1 saturated heterocycles. The summed E-state index contributed by atoms with van der Waals surface area (Å²) in [5.74, 6) is 0.462. The fourth-order valence-electron chi connectivity index (χ4n) is 3.27. The number of ether oxygens (including phenoxy) is 2. The molecule has 1 aliphatic rings. The summed E-state index contributed by atoms with van der Waals surface area (Å²) in [6.45, 7) is 5.94. The molecule has 1 fully saturated rings. The number of thiophene rings is 1. The van der Waals surface area contributed by atoms with Gasteiger partial charge in [0.15, 0.2) is 6.29 Å². The Bertz CT molecular complexity index is 806. The Labute approximate surface area is 163 Å². The molecule has 0 spiro atoms. The van der Waals surface area contributed by atoms with Crippen LogP contribution in [0.4, 0.5) is 0 Å². The Balaban J connectivity index is 2.00. The van der Waals surface area contributed by atoms with Crippen molar-refractivity contribution in [2.45, 2.75) is 19.6 Å². The molecule has 0 amide bonds. The molecule has 27 heavy (non-hydrogen) atoms. The molecular formula is C21H25NO4S. The topological polar surface area (TPSA) is 59.0 Å². The minimum atomic E-state index is -0.783. The van der Waals surface area contributed by atoms with Crippen LogP contribution in [-0.2, 0) is 16.0 Å². The van der Waals surface area contributed by atoms with Crippen LogP contribution < -0.4 is 0 Å². The molecule has 1 aromatic heterocycles. The summed E-state index contributed by atoms with van der Waals surface area (Å²) in [4.78, 5) is 16.1. The first-order valence-electron chi connectivity index (χ1n) is 9.04. The van der Waals surface area contributed by atoms with Gasteiger partial charge in [0.2, 0.25) is 0 Å². The monoisotopic (exact) mass is 387 g/mol. The predicted molar refractivity (Wildman–Crippen MR) is 107 cm³/mol. The van der Waals surface area contributed by atoms with E-state index in [2.05, 4.69) is 11.0 Å². The Kier molecular flexibility index (Phi) is 6.79. The Morgan fingerprint density at radius 2 is 2.04 bits per heavy atom. The van der Waals surface area contributed by atoms with Crippen molar-refractivity contribution in [3.63, 3.8) is 0 Å². The molecule has 2 aromatic rings. The van der Waals surface area contributed by atoms with Gasteiger partial charge < -0.3 is 14.6 Å². The second kappa shape index (κ2) is 9.28. The first-order valence-corrected chi connectivity index (χ1v) is 9.85. The van der Waals surface area contributed by atoms with E-state index in [9.17, 15) is 9.90 Å². The van der Waals surface area contributed by atoms with Crippen molar-refractivity contribution in [2.75, 3.05) is 33.4 Å². The number of carbonyl (C=O) groups excluding carboxylic acids is 1. The first-order chi connectivity index (χ1) is 13.1. The highest BCUT2D eigenvalue weighted by atomic mass is 32.1. The molecule has 2 heterocycles. The van der Waals surface area contributed by atoms with E-state index in [1.807, 2.05) is 24.3 Å². The van der Waals surface area contributed by atoms with Crippen molar-refractivity contribution in [3.8, 4) is 0 Å². The van der Waals surface area contributed by atoms with E-state index < -0.39 is 6.10 Å². The molecule has 6 heteroatoms. The standard InChI is InChI=1S/C21H25NO4S/c1-15(24)21(25-2)20(18-6-4-3-5-16(18)14-23)19-8-7-17(27-19)13-22-9-11-26-12-10-22/h3-8,14-15,24H,9-13H2,1-2H3/b21-20+. The lowest BCUT2D eigenvalue weighted by Crippen LogP contribution is -2.35. The lowest BCUT2D eigenvalue weighted by Gasteiger charge is -2.25. The van der Waals surface area contributed by atoms with Gasteiger partial charge in [-0.2, -0.15) is 0 Å². The van der Waals surface area contributed by atoms with Crippen LogP contribution in [0.25, 0.3) is 5.57 Å². The number of aldehydes is 1. The number of hydrogen-bond donors (Lipinski definition) is 1. The van der Waals surface area contributed by atoms with E-state index in [0.29, 0.717) is 11.3 Å². The van der Waals surface area contributed by atoms with E-state index in [1.165, 1.54) is 4.88 Å². The molecule has 1 aromatic carbocycles. The van der Waals surface area contributed by atoms with Gasteiger partial charge in [0.25, 0.3) is 0 Å². The van der Waals surface area contributed by atoms with Gasteiger partial charge in [0, 0.05) is 40.5 Å². The van der Waals surface area contributed by atoms with Crippen molar-refractivity contribution in [1.29, 1.82) is 0 Å². The number of nitrogens with zero attached hydrogens (tertiary/aromatic N) is 1. The van der Waals surface area contributed by atoms with Crippen LogP contribution in [0.1, 0.15) is 32.6 Å². The zero-order chi connectivity index (χ0) is 19.2. The number of morpholine rings is 1. The Hall–Kier alpha value is -1.99. The first kappa shape index (κ1) is 19.8. The van der Waals surface area contributed by atoms with Crippen molar-refractivity contribution >= 4 is 23.2 Å². The van der Waals surface area contributed by atoms with Crippen molar-refractivity contribution in [1.82, 2.24) is 4.90 Å². The molecule has 1 atom stereocenters. The molecule has 5 nitrogen and oxygen atoms in total. The minimum absolute atomic E-state index is 0.462. The van der Waals surface area contributed by atoms with Gasteiger partial charge in [-0.1, -0.05) is 24.3 Å². The number of hydrogen-bond acceptors (Lipinski definition) is 6. The molecule has 3 rings (SSSR count). The van der Waals surface area contributed by atoms with Gasteiger partial charge in [-0.25, -0.2) is 0 Å². The summed E-state index contributed by atoms with van der Waals surface area (Å²) < 4.78 is 10.9. The summed E-state index contributed by atoms with van der Waals surface area (Å²) in [7, 11) is 1.55. The van der Waals surface area contributed by atoms with Gasteiger partial charge in [0.05, 0.1) is 20.3 Å². The van der Waals surface area contributed by atoms with Gasteiger partial charge >= 0.3 is 0 Å². The van der Waals surface area contributed by atoms with Gasteiger partial charge in [-0.05, 0) is 24.6 Å². The van der Waals surface area contributed by atoms with Gasteiger partial charge in [-0.15, -0.1) is 11.3 Å². The zero-order valence-electron chi connectivity index (χ0n) is 15.7. The lowest BCUT2D eigenvalue weighted by atomic mass is 9.96. The van der Waals surface area contributed by atoms with Gasteiger partial charge in [-0.3, -0.25) is 9.69 Å². The maximum atomic E-state index is 11.6. The Morgan fingerprint density at radius 3 is 2.70 bits per heavy atom. The van der Waals surface area contributed by atoms with Crippen LogP contribution in [0.3, 0.4) is 0 Å². The predicted octanol–water partition coefficient (Wildman–Crippen LogP) is 3.18. The third-order valence-electron chi connectivity index (χ3n) is 4.59. The highest BCUT2D eigenvalue weighted by Gasteiger charge is 2.21. The normalized spacial score (nSPS) is 17.3. The average molecular weight is 388 g/mol. The summed E-state index contributed by atoms with van der Waals surface area (Å²) in [5.41, 5.74) is 2.12. The fraction of sp³-hybridized carbons (Fsp3) is 0.381. The van der Waals surface area contributed by atoms with Crippen LogP contribution in [0, 0.1) is 0 Å². The molecule has 0 radical (unpaired) electrons. The van der Waals surface area contributed by atoms with E-state index in [4.69, 9.17) is 9.47 Å². The number of aliphatic hydroxyl groups excluding tert-OH is 1. The number of benzene rings is 1. The number of methoxy groups -OCH3 is 1. The highest BCUT2D eigenvalue weighted by molar-refractivity contribution is 7.13. The average Bonchev–Trinajstić information content (AvgIpc) is 3.14. The van der Waals surface area contributed by atoms with E-state index in [-0.39, 0.29) is 0 Å². The Morgan fingerprint density at radius 1 is 1.30 bits per heavy atom. The summed E-state index contributed by atoms with van der Waals surface area (Å²) in [5, 5.41) is 10.2. The minimum Gasteiger partial charge on any atom is -0.498 e.